The number of H-pyrrole nitrogens is 1. The number of methoxy groups -OCH3 is 1. The molecule has 1 amide bonds. The first-order chi connectivity index (χ1) is 14.0. The number of carbonyl (C=O) groups is 2. The Labute approximate surface area is 175 Å². The van der Waals surface area contributed by atoms with Gasteiger partial charge in [-0.2, -0.15) is 0 Å². The number of esters is 1. The highest BCUT2D eigenvalue weighted by Crippen LogP contribution is 2.38. The molecule has 1 saturated carbocycles. The lowest BCUT2D eigenvalue weighted by Crippen LogP contribution is -2.15. The van der Waals surface area contributed by atoms with Crippen molar-refractivity contribution < 1.29 is 19.1 Å². The summed E-state index contributed by atoms with van der Waals surface area (Å²) in [4.78, 5) is 29.4. The van der Waals surface area contributed by atoms with Gasteiger partial charge in [0.15, 0.2) is 0 Å². The first kappa shape index (κ1) is 21.5. The number of thioether (sulfide) groups is 1. The van der Waals surface area contributed by atoms with Crippen molar-refractivity contribution in [3.63, 3.8) is 0 Å². The van der Waals surface area contributed by atoms with Crippen LogP contribution in [0.25, 0.3) is 0 Å². The molecule has 1 aromatic heterocycles. The topological polar surface area (TPSA) is 80.4 Å². The van der Waals surface area contributed by atoms with Crippen LogP contribution in [0.15, 0.2) is 29.2 Å². The lowest BCUT2D eigenvalue weighted by molar-refractivity contribution is 0.0387. The smallest absolute Gasteiger partial charge is 0.340 e. The molecule has 0 aliphatic heterocycles. The lowest BCUT2D eigenvalue weighted by Gasteiger charge is -2.14. The van der Waals surface area contributed by atoms with Crippen LogP contribution in [0, 0.1) is 13.8 Å². The Hall–Kier alpha value is -2.25. The van der Waals surface area contributed by atoms with E-state index in [9.17, 15) is 9.59 Å². The van der Waals surface area contributed by atoms with E-state index in [1.807, 2.05) is 36.0 Å². The molecule has 156 valence electrons. The molecule has 0 atom stereocenters. The van der Waals surface area contributed by atoms with E-state index in [1.165, 1.54) is 25.7 Å². The Bertz CT molecular complexity index is 872. The van der Waals surface area contributed by atoms with Crippen LogP contribution in [0.5, 0.6) is 0 Å². The fraction of sp³-hybridized carbons (Fsp3) is 0.455. The molecule has 3 rings (SSSR count). The number of aromatic amines is 1. The van der Waals surface area contributed by atoms with Crippen LogP contribution in [0.3, 0.4) is 0 Å². The summed E-state index contributed by atoms with van der Waals surface area (Å²) in [5.74, 6) is -0.717. The van der Waals surface area contributed by atoms with Crippen molar-refractivity contribution in [3.8, 4) is 0 Å². The van der Waals surface area contributed by atoms with E-state index in [4.69, 9.17) is 9.47 Å². The molecule has 1 aliphatic carbocycles. The maximum absolute atomic E-state index is 12.9. The van der Waals surface area contributed by atoms with Crippen LogP contribution in [-0.4, -0.2) is 42.4 Å². The van der Waals surface area contributed by atoms with Gasteiger partial charge in [-0.05, 0) is 44.4 Å². The molecular formula is C22H28N2O4S. The Morgan fingerprint density at radius 3 is 2.62 bits per heavy atom. The molecule has 1 heterocycles. The van der Waals surface area contributed by atoms with E-state index >= 15 is 0 Å². The van der Waals surface area contributed by atoms with E-state index in [-0.39, 0.29) is 12.5 Å². The predicted octanol–water partition coefficient (Wildman–Crippen LogP) is 4.72. The number of aromatic nitrogens is 1. The monoisotopic (exact) mass is 416 g/mol. The minimum Gasteiger partial charge on any atom is -0.460 e. The maximum Gasteiger partial charge on any atom is 0.340 e. The van der Waals surface area contributed by atoms with E-state index in [1.54, 1.807) is 21.0 Å². The van der Waals surface area contributed by atoms with E-state index in [0.717, 1.165) is 10.6 Å². The second-order valence-corrected chi connectivity index (χ2v) is 8.57. The van der Waals surface area contributed by atoms with Crippen LogP contribution in [0.2, 0.25) is 0 Å². The van der Waals surface area contributed by atoms with Gasteiger partial charge >= 0.3 is 5.97 Å². The second kappa shape index (κ2) is 9.98. The van der Waals surface area contributed by atoms with Gasteiger partial charge in [0.2, 0.25) is 0 Å². The van der Waals surface area contributed by atoms with Crippen LogP contribution >= 0.6 is 11.8 Å². The number of rotatable bonds is 8. The summed E-state index contributed by atoms with van der Waals surface area (Å²) in [6.45, 7) is 4.02. The first-order valence-electron chi connectivity index (χ1n) is 9.93. The first-order valence-corrected chi connectivity index (χ1v) is 10.8. The zero-order valence-electron chi connectivity index (χ0n) is 17.2. The van der Waals surface area contributed by atoms with E-state index < -0.39 is 5.97 Å². The minimum atomic E-state index is -0.454. The van der Waals surface area contributed by atoms with Crippen molar-refractivity contribution in [1.29, 1.82) is 0 Å². The second-order valence-electron chi connectivity index (χ2n) is 7.23. The standard InChI is InChI=1S/C22H28N2O4S/c1-14-19(22(26)28-13-12-27-3)15(2)23-20(14)21(25)24-17-10-6-7-11-18(17)29-16-8-4-5-9-16/h6-7,10-11,16,23H,4-5,8-9,12-13H2,1-3H3,(H,24,25). The lowest BCUT2D eigenvalue weighted by atomic mass is 10.1. The summed E-state index contributed by atoms with van der Waals surface area (Å²) < 4.78 is 10.1. The zero-order chi connectivity index (χ0) is 20.8. The summed E-state index contributed by atoms with van der Waals surface area (Å²) in [6.07, 6.45) is 4.99. The summed E-state index contributed by atoms with van der Waals surface area (Å²) >= 11 is 1.83. The van der Waals surface area contributed by atoms with Gasteiger partial charge in [-0.25, -0.2) is 4.79 Å². The molecular weight excluding hydrogens is 388 g/mol. The molecule has 1 aromatic carbocycles. The third kappa shape index (κ3) is 5.22. The van der Waals surface area contributed by atoms with Crippen molar-refractivity contribution in [2.45, 2.75) is 49.7 Å². The molecule has 0 saturated heterocycles. The van der Waals surface area contributed by atoms with Gasteiger partial charge in [0.05, 0.1) is 17.9 Å². The van der Waals surface area contributed by atoms with Crippen LogP contribution in [0.1, 0.15) is 57.8 Å². The normalized spacial score (nSPS) is 14.2. The average Bonchev–Trinajstić information content (AvgIpc) is 3.31. The van der Waals surface area contributed by atoms with Crippen LogP contribution < -0.4 is 5.32 Å². The highest BCUT2D eigenvalue weighted by atomic mass is 32.2. The van der Waals surface area contributed by atoms with Gasteiger partial charge < -0.3 is 19.8 Å². The Morgan fingerprint density at radius 1 is 1.17 bits per heavy atom. The fourth-order valence-electron chi connectivity index (χ4n) is 3.62. The van der Waals surface area contributed by atoms with Crippen molar-refractivity contribution in [1.82, 2.24) is 4.98 Å². The molecule has 2 N–H and O–H groups in total. The molecule has 7 heteroatoms. The Kier molecular flexibility index (Phi) is 7.39. The number of carbonyl (C=O) groups excluding carboxylic acids is 2. The van der Waals surface area contributed by atoms with E-state index in [2.05, 4.69) is 10.3 Å². The van der Waals surface area contributed by atoms with Gasteiger partial charge in [0.1, 0.15) is 12.3 Å². The number of amides is 1. The number of para-hydroxylation sites is 1. The van der Waals surface area contributed by atoms with Gasteiger partial charge in [0, 0.05) is 22.9 Å². The van der Waals surface area contributed by atoms with Crippen molar-refractivity contribution >= 4 is 29.3 Å². The number of hydrogen-bond donors (Lipinski definition) is 2. The fourth-order valence-corrected chi connectivity index (χ4v) is 4.95. The molecule has 1 aliphatic rings. The minimum absolute atomic E-state index is 0.173. The highest BCUT2D eigenvalue weighted by Gasteiger charge is 2.24. The van der Waals surface area contributed by atoms with Gasteiger partial charge in [-0.3, -0.25) is 4.79 Å². The summed E-state index contributed by atoms with van der Waals surface area (Å²) in [7, 11) is 1.55. The van der Waals surface area contributed by atoms with Crippen LogP contribution in [-0.2, 0) is 9.47 Å². The maximum atomic E-state index is 12.9. The number of anilines is 1. The molecule has 2 aromatic rings. The largest absolute Gasteiger partial charge is 0.460 e. The Morgan fingerprint density at radius 2 is 1.90 bits per heavy atom. The summed E-state index contributed by atoms with van der Waals surface area (Å²) in [6, 6.07) is 7.87. The van der Waals surface area contributed by atoms with Crippen molar-refractivity contribution in [2.24, 2.45) is 0 Å². The summed E-state index contributed by atoms with van der Waals surface area (Å²) in [5.41, 5.74) is 2.78. The zero-order valence-corrected chi connectivity index (χ0v) is 18.0. The number of aryl methyl sites for hydroxylation is 1. The number of hydrogen-bond acceptors (Lipinski definition) is 5. The number of benzene rings is 1. The van der Waals surface area contributed by atoms with Gasteiger partial charge in [0.25, 0.3) is 5.91 Å². The van der Waals surface area contributed by atoms with Crippen LogP contribution in [0.4, 0.5) is 5.69 Å². The molecule has 6 nitrogen and oxygen atoms in total. The SMILES string of the molecule is COCCOC(=O)c1c(C)[nH]c(C(=O)Nc2ccccc2SC2CCCC2)c1C. The number of nitrogens with one attached hydrogen (secondary N) is 2. The molecule has 0 bridgehead atoms. The van der Waals surface area contributed by atoms with Gasteiger partial charge in [-0.1, -0.05) is 25.0 Å². The molecule has 29 heavy (non-hydrogen) atoms. The third-order valence-electron chi connectivity index (χ3n) is 5.12. The molecule has 0 radical (unpaired) electrons. The van der Waals surface area contributed by atoms with Crippen molar-refractivity contribution in [2.75, 3.05) is 25.6 Å². The molecule has 0 spiro atoms. The predicted molar refractivity (Wildman–Crippen MR) is 115 cm³/mol. The molecule has 0 unspecified atom stereocenters. The highest BCUT2D eigenvalue weighted by molar-refractivity contribution is 8.00. The average molecular weight is 417 g/mol. The Balaban J connectivity index is 1.75. The van der Waals surface area contributed by atoms with Gasteiger partial charge in [-0.15, -0.1) is 11.8 Å². The quantitative estimate of drug-likeness (QED) is 0.481. The van der Waals surface area contributed by atoms with E-state index in [0.29, 0.717) is 34.4 Å². The van der Waals surface area contributed by atoms with Crippen molar-refractivity contribution in [3.05, 3.63) is 46.8 Å². The summed E-state index contributed by atoms with van der Waals surface area (Å²) in [5, 5.41) is 3.62. The molecule has 1 fully saturated rings. The third-order valence-corrected chi connectivity index (χ3v) is 6.54. The number of ether oxygens (including phenoxy) is 2.